The van der Waals surface area contributed by atoms with Gasteiger partial charge >= 0.3 is 0 Å². The fourth-order valence-electron chi connectivity index (χ4n) is 0.212. The molecule has 5 N–H and O–H groups in total. The van der Waals surface area contributed by atoms with E-state index in [1.54, 1.807) is 0 Å². The second-order valence-corrected chi connectivity index (χ2v) is 1.22. The van der Waals surface area contributed by atoms with Crippen LogP contribution < -0.4 is 11.5 Å². The van der Waals surface area contributed by atoms with Gasteiger partial charge in [0, 0.05) is 24.9 Å². The van der Waals surface area contributed by atoms with Crippen LogP contribution in [0.1, 0.15) is 6.42 Å². The molecule has 42 valence electrons. The van der Waals surface area contributed by atoms with Crippen molar-refractivity contribution in [2.45, 2.75) is 6.42 Å². The van der Waals surface area contributed by atoms with Gasteiger partial charge in [0.2, 0.25) is 0 Å². The van der Waals surface area contributed by atoms with Crippen LogP contribution in [0.3, 0.4) is 0 Å². The lowest BCUT2D eigenvalue weighted by Gasteiger charge is -1.91. The molecule has 0 aliphatic heterocycles. The Morgan fingerprint density at radius 1 is 1.71 bits per heavy atom. The third-order valence-corrected chi connectivity index (χ3v) is 0.615. The predicted octanol–water partition coefficient (Wildman–Crippen LogP) is -0.872. The third-order valence-electron chi connectivity index (χ3n) is 0.615. The van der Waals surface area contributed by atoms with Gasteiger partial charge in [0.25, 0.3) is 0 Å². The van der Waals surface area contributed by atoms with Gasteiger partial charge < -0.3 is 16.6 Å². The molecular formula is C4H10N2O. The standard InChI is InChI=1S/C4H10N2O/c5-3-4(6)1-2-7/h3,7H,1-2,5-6H2. The number of hydrogen-bond acceptors (Lipinski definition) is 3. The molecule has 0 atom stereocenters. The lowest BCUT2D eigenvalue weighted by molar-refractivity contribution is 0.298. The van der Waals surface area contributed by atoms with E-state index in [0.717, 1.165) is 0 Å². The molecule has 0 aliphatic rings. The molecule has 0 aromatic heterocycles. The van der Waals surface area contributed by atoms with Crippen LogP contribution >= 0.6 is 0 Å². The average molecular weight is 102 g/mol. The maximum absolute atomic E-state index is 8.19. The van der Waals surface area contributed by atoms with Gasteiger partial charge in [-0.1, -0.05) is 0 Å². The zero-order valence-electron chi connectivity index (χ0n) is 4.09. The minimum Gasteiger partial charge on any atom is -0.403 e. The molecule has 0 rings (SSSR count). The van der Waals surface area contributed by atoms with Gasteiger partial charge in [-0.2, -0.15) is 0 Å². The summed E-state index contributed by atoms with van der Waals surface area (Å²) in [6.07, 6.45) is 1.76. The zero-order chi connectivity index (χ0) is 5.70. The van der Waals surface area contributed by atoms with E-state index >= 15 is 0 Å². The highest BCUT2D eigenvalue weighted by molar-refractivity contribution is 4.91. The van der Waals surface area contributed by atoms with Crippen molar-refractivity contribution in [2.24, 2.45) is 11.5 Å². The number of aliphatic hydroxyl groups is 1. The fourth-order valence-corrected chi connectivity index (χ4v) is 0.212. The van der Waals surface area contributed by atoms with Gasteiger partial charge in [-0.15, -0.1) is 0 Å². The molecule has 0 unspecified atom stereocenters. The Balaban J connectivity index is 3.17. The Bertz CT molecular complexity index is 70.1. The van der Waals surface area contributed by atoms with E-state index < -0.39 is 0 Å². The summed E-state index contributed by atoms with van der Waals surface area (Å²) in [4.78, 5) is 0. The summed E-state index contributed by atoms with van der Waals surface area (Å²) in [6, 6.07) is 0. The van der Waals surface area contributed by atoms with E-state index in [9.17, 15) is 0 Å². The number of rotatable bonds is 2. The van der Waals surface area contributed by atoms with Gasteiger partial charge in [-0.25, -0.2) is 0 Å². The lowest BCUT2D eigenvalue weighted by Crippen LogP contribution is -2.02. The van der Waals surface area contributed by atoms with E-state index in [0.29, 0.717) is 12.1 Å². The average Bonchev–Trinajstić information content (AvgIpc) is 1.68. The minimum atomic E-state index is 0.0690. The van der Waals surface area contributed by atoms with Gasteiger partial charge in [-0.3, -0.25) is 0 Å². The van der Waals surface area contributed by atoms with Crippen molar-refractivity contribution in [2.75, 3.05) is 6.61 Å². The monoisotopic (exact) mass is 102 g/mol. The Morgan fingerprint density at radius 2 is 2.29 bits per heavy atom. The molecule has 0 saturated heterocycles. The normalized spacial score (nSPS) is 11.9. The second kappa shape index (κ2) is 3.49. The van der Waals surface area contributed by atoms with E-state index in [-0.39, 0.29) is 6.61 Å². The highest BCUT2D eigenvalue weighted by atomic mass is 16.3. The molecule has 7 heavy (non-hydrogen) atoms. The first-order valence-electron chi connectivity index (χ1n) is 2.08. The van der Waals surface area contributed by atoms with E-state index in [2.05, 4.69) is 0 Å². The van der Waals surface area contributed by atoms with Crippen molar-refractivity contribution in [3.63, 3.8) is 0 Å². The number of aliphatic hydroxyl groups excluding tert-OH is 1. The molecule has 0 aromatic rings. The van der Waals surface area contributed by atoms with Crippen LogP contribution in [0.25, 0.3) is 0 Å². The van der Waals surface area contributed by atoms with Crippen molar-refractivity contribution < 1.29 is 5.11 Å². The molecule has 0 radical (unpaired) electrons. The van der Waals surface area contributed by atoms with E-state index in [1.165, 1.54) is 6.20 Å². The molecule has 3 nitrogen and oxygen atoms in total. The Labute approximate surface area is 42.6 Å². The summed E-state index contributed by atoms with van der Waals surface area (Å²) < 4.78 is 0. The summed E-state index contributed by atoms with van der Waals surface area (Å²) in [5, 5.41) is 8.19. The Morgan fingerprint density at radius 3 is 2.43 bits per heavy atom. The van der Waals surface area contributed by atoms with Crippen molar-refractivity contribution >= 4 is 0 Å². The molecule has 0 spiro atoms. The SMILES string of the molecule is NC=C(N)CCO. The van der Waals surface area contributed by atoms with Gasteiger partial charge in [0.1, 0.15) is 0 Å². The van der Waals surface area contributed by atoms with Crippen LogP contribution in [0, 0.1) is 0 Å². The quantitative estimate of drug-likeness (QED) is 0.424. The van der Waals surface area contributed by atoms with Crippen LogP contribution in [0.4, 0.5) is 0 Å². The van der Waals surface area contributed by atoms with Crippen LogP contribution in [0.2, 0.25) is 0 Å². The van der Waals surface area contributed by atoms with Gasteiger partial charge in [-0.05, 0) is 0 Å². The van der Waals surface area contributed by atoms with Gasteiger partial charge in [0.15, 0.2) is 0 Å². The molecule has 0 heterocycles. The van der Waals surface area contributed by atoms with Crippen molar-refractivity contribution in [3.8, 4) is 0 Å². The van der Waals surface area contributed by atoms with Crippen LogP contribution in [0.15, 0.2) is 11.9 Å². The highest BCUT2D eigenvalue weighted by Gasteiger charge is 1.82. The summed E-state index contributed by atoms with van der Waals surface area (Å²) in [5.74, 6) is 0. The fraction of sp³-hybridized carbons (Fsp3) is 0.500. The Hall–Kier alpha value is -0.700. The summed E-state index contributed by atoms with van der Waals surface area (Å²) in [5.41, 5.74) is 10.6. The second-order valence-electron chi connectivity index (χ2n) is 1.22. The molecule has 0 aromatic carbocycles. The first-order valence-corrected chi connectivity index (χ1v) is 2.08. The first-order chi connectivity index (χ1) is 3.31. The predicted molar refractivity (Wildman–Crippen MR) is 28.2 cm³/mol. The molecule has 3 heteroatoms. The van der Waals surface area contributed by atoms with Crippen molar-refractivity contribution in [3.05, 3.63) is 11.9 Å². The number of hydrogen-bond donors (Lipinski definition) is 3. The lowest BCUT2D eigenvalue weighted by atomic mass is 10.4. The first kappa shape index (κ1) is 6.30. The topological polar surface area (TPSA) is 72.3 Å². The van der Waals surface area contributed by atoms with Crippen LogP contribution in [0.5, 0.6) is 0 Å². The molecule has 0 fully saturated rings. The van der Waals surface area contributed by atoms with Crippen molar-refractivity contribution in [1.29, 1.82) is 0 Å². The zero-order valence-corrected chi connectivity index (χ0v) is 4.09. The molecule has 0 aliphatic carbocycles. The highest BCUT2D eigenvalue weighted by Crippen LogP contribution is 1.84. The van der Waals surface area contributed by atoms with Gasteiger partial charge in [0.05, 0.1) is 0 Å². The molecule has 0 saturated carbocycles. The molecule has 0 bridgehead atoms. The van der Waals surface area contributed by atoms with Crippen LogP contribution in [-0.4, -0.2) is 11.7 Å². The molecule has 0 amide bonds. The minimum absolute atomic E-state index is 0.0690. The summed E-state index contributed by atoms with van der Waals surface area (Å²) in [7, 11) is 0. The van der Waals surface area contributed by atoms with E-state index in [1.807, 2.05) is 0 Å². The summed E-state index contributed by atoms with van der Waals surface area (Å²) in [6.45, 7) is 0.0690. The Kier molecular flexibility index (Phi) is 3.14. The smallest absolute Gasteiger partial charge is 0.0486 e. The third kappa shape index (κ3) is 3.12. The maximum Gasteiger partial charge on any atom is 0.0486 e. The molecular weight excluding hydrogens is 92.1 g/mol. The van der Waals surface area contributed by atoms with Crippen molar-refractivity contribution in [1.82, 2.24) is 0 Å². The van der Waals surface area contributed by atoms with E-state index in [4.69, 9.17) is 16.6 Å². The maximum atomic E-state index is 8.19. The van der Waals surface area contributed by atoms with Crippen LogP contribution in [-0.2, 0) is 0 Å². The largest absolute Gasteiger partial charge is 0.403 e. The number of nitrogens with two attached hydrogens (primary N) is 2. The summed E-state index contributed by atoms with van der Waals surface area (Å²) >= 11 is 0.